The highest BCUT2D eigenvalue weighted by atomic mass is 16.5. The van der Waals surface area contributed by atoms with E-state index >= 15 is 0 Å². The van der Waals surface area contributed by atoms with Crippen LogP contribution in [0.25, 0.3) is 0 Å². The summed E-state index contributed by atoms with van der Waals surface area (Å²) in [6.07, 6.45) is 0.681. The summed E-state index contributed by atoms with van der Waals surface area (Å²) in [5.74, 6) is 5.49. The van der Waals surface area contributed by atoms with Gasteiger partial charge in [-0.15, -0.1) is 11.8 Å². The Morgan fingerprint density at radius 2 is 2.21 bits per heavy atom. The lowest BCUT2D eigenvalue weighted by Crippen LogP contribution is -2.28. The molecule has 0 rings (SSSR count). The van der Waals surface area contributed by atoms with E-state index in [-0.39, 0.29) is 12.5 Å². The maximum absolute atomic E-state index is 11.0. The number of amides is 1. The van der Waals surface area contributed by atoms with Gasteiger partial charge in [-0.05, 0) is 6.92 Å². The molecule has 14 heavy (non-hydrogen) atoms. The fraction of sp³-hybridized carbons (Fsp3) is 0.700. The van der Waals surface area contributed by atoms with Crippen LogP contribution in [-0.4, -0.2) is 39.4 Å². The molecule has 0 aliphatic rings. The van der Waals surface area contributed by atoms with Crippen molar-refractivity contribution in [3.63, 3.8) is 0 Å². The average Bonchev–Trinajstić information content (AvgIpc) is 2.19. The maximum atomic E-state index is 11.0. The summed E-state index contributed by atoms with van der Waals surface area (Å²) in [5, 5.41) is 2.69. The van der Waals surface area contributed by atoms with Crippen molar-refractivity contribution < 1.29 is 14.3 Å². The largest absolute Gasteiger partial charge is 0.382 e. The molecule has 0 unspecified atom stereocenters. The summed E-state index contributed by atoms with van der Waals surface area (Å²) in [6.45, 7) is 3.39. The number of carbonyl (C=O) groups is 1. The standard InChI is InChI=1S/C10H17NO3/c1-3-4-5-6-11-10(12)9-14-8-7-13-2/h5-9H2,1-2H3,(H,11,12). The van der Waals surface area contributed by atoms with Crippen LogP contribution in [0.2, 0.25) is 0 Å². The first kappa shape index (κ1) is 12.9. The second-order valence-corrected chi connectivity index (χ2v) is 2.57. The molecule has 0 saturated heterocycles. The molecular weight excluding hydrogens is 182 g/mol. The van der Waals surface area contributed by atoms with Gasteiger partial charge in [0.05, 0.1) is 13.2 Å². The number of carbonyl (C=O) groups excluding carboxylic acids is 1. The van der Waals surface area contributed by atoms with E-state index in [0.29, 0.717) is 26.2 Å². The van der Waals surface area contributed by atoms with Crippen LogP contribution in [0.4, 0.5) is 0 Å². The SMILES string of the molecule is CC#CCCNC(=O)COCCOC. The van der Waals surface area contributed by atoms with E-state index < -0.39 is 0 Å². The second kappa shape index (κ2) is 10.0. The van der Waals surface area contributed by atoms with Crippen molar-refractivity contribution in [2.45, 2.75) is 13.3 Å². The summed E-state index contributed by atoms with van der Waals surface area (Å²) in [7, 11) is 1.59. The fourth-order valence-corrected chi connectivity index (χ4v) is 0.748. The summed E-state index contributed by atoms with van der Waals surface area (Å²) in [5.41, 5.74) is 0. The second-order valence-electron chi connectivity index (χ2n) is 2.57. The molecule has 0 atom stereocenters. The maximum Gasteiger partial charge on any atom is 0.246 e. The Morgan fingerprint density at radius 1 is 1.43 bits per heavy atom. The monoisotopic (exact) mass is 199 g/mol. The number of hydrogen-bond donors (Lipinski definition) is 1. The van der Waals surface area contributed by atoms with Crippen LogP contribution < -0.4 is 5.32 Å². The predicted molar refractivity (Wildman–Crippen MR) is 53.8 cm³/mol. The lowest BCUT2D eigenvalue weighted by atomic mass is 10.4. The van der Waals surface area contributed by atoms with E-state index in [1.807, 2.05) is 0 Å². The van der Waals surface area contributed by atoms with Crippen LogP contribution in [0, 0.1) is 11.8 Å². The Morgan fingerprint density at radius 3 is 2.86 bits per heavy atom. The van der Waals surface area contributed by atoms with E-state index in [1.54, 1.807) is 14.0 Å². The van der Waals surface area contributed by atoms with Crippen LogP contribution in [0.15, 0.2) is 0 Å². The molecule has 0 fully saturated rings. The summed E-state index contributed by atoms with van der Waals surface area (Å²) in [6, 6.07) is 0. The molecule has 0 saturated carbocycles. The number of ether oxygens (including phenoxy) is 2. The summed E-state index contributed by atoms with van der Waals surface area (Å²) in [4.78, 5) is 11.0. The lowest BCUT2D eigenvalue weighted by Gasteiger charge is -2.03. The molecule has 0 aliphatic heterocycles. The Labute approximate surface area is 85.0 Å². The van der Waals surface area contributed by atoms with Gasteiger partial charge in [0.25, 0.3) is 0 Å². The van der Waals surface area contributed by atoms with Crippen LogP contribution >= 0.6 is 0 Å². The van der Waals surface area contributed by atoms with Gasteiger partial charge in [-0.2, -0.15) is 0 Å². The molecule has 0 aromatic carbocycles. The Hall–Kier alpha value is -1.05. The number of methoxy groups -OCH3 is 1. The van der Waals surface area contributed by atoms with Crippen LogP contribution in [0.1, 0.15) is 13.3 Å². The first-order valence-corrected chi connectivity index (χ1v) is 4.54. The Balaban J connectivity index is 3.22. The van der Waals surface area contributed by atoms with Crippen molar-refractivity contribution in [2.24, 2.45) is 0 Å². The van der Waals surface area contributed by atoms with Crippen molar-refractivity contribution in [3.05, 3.63) is 0 Å². The molecule has 0 radical (unpaired) electrons. The van der Waals surface area contributed by atoms with Gasteiger partial charge in [0.2, 0.25) is 5.91 Å². The lowest BCUT2D eigenvalue weighted by molar-refractivity contribution is -0.126. The third kappa shape index (κ3) is 9.04. The molecule has 0 spiro atoms. The van der Waals surface area contributed by atoms with Gasteiger partial charge in [0.15, 0.2) is 0 Å². The zero-order valence-corrected chi connectivity index (χ0v) is 8.76. The van der Waals surface area contributed by atoms with Crippen LogP contribution in [0.5, 0.6) is 0 Å². The number of rotatable bonds is 7. The van der Waals surface area contributed by atoms with Crippen LogP contribution in [-0.2, 0) is 14.3 Å². The van der Waals surface area contributed by atoms with Gasteiger partial charge >= 0.3 is 0 Å². The number of hydrogen-bond acceptors (Lipinski definition) is 3. The highest BCUT2D eigenvalue weighted by Gasteiger charge is 1.98. The minimum absolute atomic E-state index is 0.0862. The van der Waals surface area contributed by atoms with E-state index in [4.69, 9.17) is 9.47 Å². The first-order valence-electron chi connectivity index (χ1n) is 4.54. The minimum Gasteiger partial charge on any atom is -0.382 e. The van der Waals surface area contributed by atoms with Gasteiger partial charge in [0.1, 0.15) is 6.61 Å². The quantitative estimate of drug-likeness (QED) is 0.470. The molecule has 80 valence electrons. The molecule has 0 heterocycles. The molecule has 0 aromatic rings. The molecule has 0 bridgehead atoms. The van der Waals surface area contributed by atoms with Gasteiger partial charge in [-0.25, -0.2) is 0 Å². The zero-order chi connectivity index (χ0) is 10.6. The Kier molecular flexibility index (Phi) is 9.28. The van der Waals surface area contributed by atoms with Gasteiger partial charge in [-0.1, -0.05) is 0 Å². The third-order valence-electron chi connectivity index (χ3n) is 1.41. The van der Waals surface area contributed by atoms with E-state index in [9.17, 15) is 4.79 Å². The highest BCUT2D eigenvalue weighted by Crippen LogP contribution is 1.78. The molecule has 1 amide bonds. The topological polar surface area (TPSA) is 47.6 Å². The normalized spacial score (nSPS) is 9.00. The molecule has 4 heteroatoms. The fourth-order valence-electron chi connectivity index (χ4n) is 0.748. The molecule has 0 aromatic heterocycles. The minimum atomic E-state index is -0.112. The van der Waals surface area contributed by atoms with Crippen molar-refractivity contribution in [1.82, 2.24) is 5.32 Å². The van der Waals surface area contributed by atoms with E-state index in [2.05, 4.69) is 17.2 Å². The van der Waals surface area contributed by atoms with Crippen molar-refractivity contribution in [1.29, 1.82) is 0 Å². The van der Waals surface area contributed by atoms with Gasteiger partial charge < -0.3 is 14.8 Å². The zero-order valence-electron chi connectivity index (χ0n) is 8.76. The van der Waals surface area contributed by atoms with Crippen LogP contribution in [0.3, 0.4) is 0 Å². The van der Waals surface area contributed by atoms with Crippen molar-refractivity contribution in [3.8, 4) is 11.8 Å². The number of nitrogens with one attached hydrogen (secondary N) is 1. The Bertz CT molecular complexity index is 205. The first-order chi connectivity index (χ1) is 6.81. The predicted octanol–water partition coefficient (Wildman–Crippen LogP) is 0.179. The molecule has 1 N–H and O–H groups in total. The molecular formula is C10H17NO3. The summed E-state index contributed by atoms with van der Waals surface area (Å²) < 4.78 is 9.78. The molecule has 4 nitrogen and oxygen atoms in total. The smallest absolute Gasteiger partial charge is 0.246 e. The average molecular weight is 199 g/mol. The van der Waals surface area contributed by atoms with Gasteiger partial charge in [0, 0.05) is 20.1 Å². The van der Waals surface area contributed by atoms with E-state index in [1.165, 1.54) is 0 Å². The highest BCUT2D eigenvalue weighted by molar-refractivity contribution is 5.77. The summed E-state index contributed by atoms with van der Waals surface area (Å²) >= 11 is 0. The third-order valence-corrected chi connectivity index (χ3v) is 1.41. The molecule has 0 aliphatic carbocycles. The van der Waals surface area contributed by atoms with Gasteiger partial charge in [-0.3, -0.25) is 4.79 Å². The van der Waals surface area contributed by atoms with Crippen molar-refractivity contribution >= 4 is 5.91 Å². The van der Waals surface area contributed by atoms with E-state index in [0.717, 1.165) is 0 Å². The van der Waals surface area contributed by atoms with Crippen molar-refractivity contribution in [2.75, 3.05) is 33.5 Å².